The first-order chi connectivity index (χ1) is 17.2. The van der Waals surface area contributed by atoms with Crippen LogP contribution < -0.4 is 4.74 Å². The van der Waals surface area contributed by atoms with Crippen LogP contribution in [0.15, 0.2) is 88.4 Å². The third-order valence-electron chi connectivity index (χ3n) is 7.27. The number of aliphatic imine (C=N–C) groups is 1. The van der Waals surface area contributed by atoms with Crippen LogP contribution in [0.5, 0.6) is 5.75 Å². The molecule has 1 atom stereocenters. The Balaban J connectivity index is 1.26. The molecule has 3 aromatic rings. The van der Waals surface area contributed by atoms with E-state index in [0.29, 0.717) is 6.61 Å². The van der Waals surface area contributed by atoms with Crippen molar-refractivity contribution in [1.29, 1.82) is 0 Å². The largest absolute Gasteiger partial charge is 0.493 e. The number of thioether (sulfide) groups is 1. The van der Waals surface area contributed by atoms with Gasteiger partial charge in [0.2, 0.25) is 0 Å². The summed E-state index contributed by atoms with van der Waals surface area (Å²) in [6.45, 7) is 5.20. The van der Waals surface area contributed by atoms with E-state index >= 15 is 0 Å². The van der Waals surface area contributed by atoms with Crippen LogP contribution >= 0.6 is 11.8 Å². The Morgan fingerprint density at radius 1 is 0.914 bits per heavy atom. The molecule has 0 amide bonds. The quantitative estimate of drug-likeness (QED) is 0.320. The topological polar surface area (TPSA) is 21.6 Å². The Morgan fingerprint density at radius 2 is 1.69 bits per heavy atom. The summed E-state index contributed by atoms with van der Waals surface area (Å²) in [6.07, 6.45) is 6.90. The SMILES string of the molecule is CCC1=C(CCOc2ccc3c(c2)CCC[C@H]3CC)N=C(c2ccc(-c3ccccc3)cc2)CS1. The van der Waals surface area contributed by atoms with Crippen LogP contribution in [-0.2, 0) is 6.42 Å². The Kier molecular flexibility index (Phi) is 7.73. The number of hydrogen-bond donors (Lipinski definition) is 0. The second kappa shape index (κ2) is 11.3. The molecule has 3 heteroatoms. The van der Waals surface area contributed by atoms with Gasteiger partial charge in [-0.15, -0.1) is 11.8 Å². The fraction of sp³-hybridized carbons (Fsp3) is 0.344. The van der Waals surface area contributed by atoms with E-state index in [-0.39, 0.29) is 0 Å². The molecule has 1 aliphatic carbocycles. The molecule has 2 aliphatic rings. The molecule has 0 bridgehead atoms. The van der Waals surface area contributed by atoms with Gasteiger partial charge < -0.3 is 4.74 Å². The lowest BCUT2D eigenvalue weighted by Gasteiger charge is -2.25. The van der Waals surface area contributed by atoms with Crippen molar-refractivity contribution in [1.82, 2.24) is 0 Å². The minimum Gasteiger partial charge on any atom is -0.493 e. The highest BCUT2D eigenvalue weighted by molar-refractivity contribution is 8.03. The fourth-order valence-corrected chi connectivity index (χ4v) is 6.36. The standard InChI is InChI=1S/C32H35NOS/c1-3-23-11-8-12-27-21-28(17-18-29(23)27)34-20-19-30-32(4-2)35-22-31(33-30)26-15-13-25(14-16-26)24-9-6-5-7-10-24/h5-7,9-10,13-18,21,23H,3-4,8,11-12,19-20,22H2,1-2H3/t23-/m1/s1. The second-order valence-electron chi connectivity index (χ2n) is 9.47. The molecule has 0 fully saturated rings. The molecule has 0 spiro atoms. The van der Waals surface area contributed by atoms with Gasteiger partial charge >= 0.3 is 0 Å². The van der Waals surface area contributed by atoms with Crippen molar-refractivity contribution in [3.05, 3.63) is 100 Å². The van der Waals surface area contributed by atoms with E-state index in [1.54, 1.807) is 5.56 Å². The zero-order valence-electron chi connectivity index (χ0n) is 20.9. The highest BCUT2D eigenvalue weighted by atomic mass is 32.2. The first-order valence-corrected chi connectivity index (χ1v) is 14.1. The lowest BCUT2D eigenvalue weighted by Crippen LogP contribution is -2.12. The summed E-state index contributed by atoms with van der Waals surface area (Å²) in [5.41, 5.74) is 9.09. The number of fused-ring (bicyclic) bond motifs is 1. The lowest BCUT2D eigenvalue weighted by molar-refractivity contribution is 0.320. The maximum absolute atomic E-state index is 6.23. The molecule has 0 saturated carbocycles. The summed E-state index contributed by atoms with van der Waals surface area (Å²) in [6, 6.07) is 26.1. The molecule has 2 nitrogen and oxygen atoms in total. The minimum absolute atomic E-state index is 0.666. The fourth-order valence-electron chi connectivity index (χ4n) is 5.30. The number of aryl methyl sites for hydroxylation is 1. The van der Waals surface area contributed by atoms with E-state index in [9.17, 15) is 0 Å². The Labute approximate surface area is 214 Å². The molecule has 0 aromatic heterocycles. The van der Waals surface area contributed by atoms with E-state index in [4.69, 9.17) is 9.73 Å². The van der Waals surface area contributed by atoms with Crippen molar-refractivity contribution in [3.8, 4) is 16.9 Å². The smallest absolute Gasteiger partial charge is 0.119 e. The van der Waals surface area contributed by atoms with Crippen LogP contribution in [0.4, 0.5) is 0 Å². The van der Waals surface area contributed by atoms with Gasteiger partial charge in [-0.1, -0.05) is 74.5 Å². The van der Waals surface area contributed by atoms with Gasteiger partial charge in [-0.2, -0.15) is 0 Å². The van der Waals surface area contributed by atoms with Gasteiger partial charge in [0.05, 0.1) is 18.0 Å². The molecule has 35 heavy (non-hydrogen) atoms. The highest BCUT2D eigenvalue weighted by Crippen LogP contribution is 2.36. The lowest BCUT2D eigenvalue weighted by atomic mass is 9.81. The van der Waals surface area contributed by atoms with Crippen LogP contribution in [0, 0.1) is 0 Å². The second-order valence-corrected chi connectivity index (χ2v) is 10.5. The molecule has 1 aliphatic heterocycles. The van der Waals surface area contributed by atoms with Gasteiger partial charge in [0.15, 0.2) is 0 Å². The summed E-state index contributed by atoms with van der Waals surface area (Å²) in [5, 5.41) is 0. The zero-order valence-corrected chi connectivity index (χ0v) is 21.7. The van der Waals surface area contributed by atoms with Gasteiger partial charge in [0, 0.05) is 17.1 Å². The van der Waals surface area contributed by atoms with Gasteiger partial charge in [-0.25, -0.2) is 0 Å². The van der Waals surface area contributed by atoms with Gasteiger partial charge in [-0.3, -0.25) is 4.99 Å². The third kappa shape index (κ3) is 5.56. The van der Waals surface area contributed by atoms with E-state index in [2.05, 4.69) is 86.6 Å². The first kappa shape index (κ1) is 23.9. The first-order valence-electron chi connectivity index (χ1n) is 13.1. The van der Waals surface area contributed by atoms with Gasteiger partial charge in [-0.05, 0) is 78.0 Å². The monoisotopic (exact) mass is 481 g/mol. The van der Waals surface area contributed by atoms with Crippen LogP contribution in [0.2, 0.25) is 0 Å². The zero-order chi connectivity index (χ0) is 24.0. The molecule has 0 saturated heterocycles. The number of rotatable bonds is 8. The maximum atomic E-state index is 6.23. The van der Waals surface area contributed by atoms with Crippen LogP contribution in [0.25, 0.3) is 11.1 Å². The number of hydrogen-bond acceptors (Lipinski definition) is 3. The molecule has 1 heterocycles. The van der Waals surface area contributed by atoms with Gasteiger partial charge in [0.1, 0.15) is 5.75 Å². The van der Waals surface area contributed by atoms with Crippen molar-refractivity contribution < 1.29 is 4.74 Å². The van der Waals surface area contributed by atoms with E-state index in [1.807, 2.05) is 11.8 Å². The molecule has 0 radical (unpaired) electrons. The van der Waals surface area contributed by atoms with Crippen molar-refractivity contribution >= 4 is 17.5 Å². The van der Waals surface area contributed by atoms with E-state index < -0.39 is 0 Å². The van der Waals surface area contributed by atoms with E-state index in [1.165, 1.54) is 64.3 Å². The normalized spacial score (nSPS) is 17.7. The molecule has 3 aromatic carbocycles. The summed E-state index contributed by atoms with van der Waals surface area (Å²) < 4.78 is 6.23. The molecule has 5 rings (SSSR count). The van der Waals surface area contributed by atoms with Crippen LogP contribution in [0.1, 0.15) is 68.6 Å². The number of benzene rings is 3. The summed E-state index contributed by atoms with van der Waals surface area (Å²) in [4.78, 5) is 6.52. The van der Waals surface area contributed by atoms with Crippen molar-refractivity contribution in [2.75, 3.05) is 12.4 Å². The van der Waals surface area contributed by atoms with Crippen molar-refractivity contribution in [2.24, 2.45) is 4.99 Å². The predicted octanol–water partition coefficient (Wildman–Crippen LogP) is 8.81. The van der Waals surface area contributed by atoms with Crippen LogP contribution in [-0.4, -0.2) is 18.1 Å². The number of allylic oxidation sites excluding steroid dienone is 1. The van der Waals surface area contributed by atoms with Crippen molar-refractivity contribution in [2.45, 2.75) is 58.3 Å². The molecule has 0 unspecified atom stereocenters. The van der Waals surface area contributed by atoms with Crippen LogP contribution in [0.3, 0.4) is 0 Å². The average Bonchev–Trinajstić information content (AvgIpc) is 2.93. The maximum Gasteiger partial charge on any atom is 0.119 e. The Bertz CT molecular complexity index is 1210. The third-order valence-corrected chi connectivity index (χ3v) is 8.57. The predicted molar refractivity (Wildman–Crippen MR) is 151 cm³/mol. The Morgan fingerprint density at radius 3 is 2.46 bits per heavy atom. The number of ether oxygens (including phenoxy) is 1. The Hall–Kier alpha value is -2.78. The molecular weight excluding hydrogens is 446 g/mol. The molecular formula is C32H35NOS. The number of nitrogens with zero attached hydrogens (tertiary/aromatic N) is 1. The highest BCUT2D eigenvalue weighted by Gasteiger charge is 2.20. The van der Waals surface area contributed by atoms with Gasteiger partial charge in [0.25, 0.3) is 0 Å². The minimum atomic E-state index is 0.666. The van der Waals surface area contributed by atoms with Crippen molar-refractivity contribution in [3.63, 3.8) is 0 Å². The molecule has 0 N–H and O–H groups in total. The summed E-state index contributed by atoms with van der Waals surface area (Å²) in [5.74, 6) is 2.66. The summed E-state index contributed by atoms with van der Waals surface area (Å²) >= 11 is 1.94. The molecule has 180 valence electrons. The summed E-state index contributed by atoms with van der Waals surface area (Å²) in [7, 11) is 0. The van der Waals surface area contributed by atoms with E-state index in [0.717, 1.165) is 30.3 Å². The average molecular weight is 482 g/mol.